The average molecular weight is 228 g/mol. The number of hydrogen-bond acceptors (Lipinski definition) is 4. The van der Waals surface area contributed by atoms with E-state index < -0.39 is 11.2 Å². The summed E-state index contributed by atoms with van der Waals surface area (Å²) in [5, 5.41) is 9.75. The number of aromatic amines is 1. The van der Waals surface area contributed by atoms with Crippen LogP contribution in [0.3, 0.4) is 0 Å². The lowest BCUT2D eigenvalue weighted by atomic mass is 10.2. The predicted molar refractivity (Wildman–Crippen MR) is 58.7 cm³/mol. The van der Waals surface area contributed by atoms with Crippen LogP contribution >= 0.6 is 11.8 Å². The second kappa shape index (κ2) is 3.77. The molecule has 1 aromatic rings. The van der Waals surface area contributed by atoms with Gasteiger partial charge in [0.25, 0.3) is 5.56 Å². The van der Waals surface area contributed by atoms with Crippen LogP contribution in [0, 0.1) is 6.92 Å². The van der Waals surface area contributed by atoms with E-state index in [4.69, 9.17) is 0 Å². The third-order valence-corrected chi connectivity index (χ3v) is 3.76. The van der Waals surface area contributed by atoms with Gasteiger partial charge in [0.15, 0.2) is 0 Å². The highest BCUT2D eigenvalue weighted by Crippen LogP contribution is 2.29. The summed E-state index contributed by atoms with van der Waals surface area (Å²) in [7, 11) is 0. The Morgan fingerprint density at radius 1 is 1.53 bits per heavy atom. The van der Waals surface area contributed by atoms with E-state index in [-0.39, 0.29) is 17.5 Å². The first kappa shape index (κ1) is 10.4. The molecular weight excluding hydrogens is 216 g/mol. The van der Waals surface area contributed by atoms with Gasteiger partial charge in [-0.3, -0.25) is 14.3 Å². The van der Waals surface area contributed by atoms with Gasteiger partial charge in [-0.05, 0) is 19.1 Å². The molecule has 2 N–H and O–H groups in total. The van der Waals surface area contributed by atoms with Crippen molar-refractivity contribution in [3.8, 4) is 5.88 Å². The highest BCUT2D eigenvalue weighted by atomic mass is 32.2. The summed E-state index contributed by atoms with van der Waals surface area (Å²) in [4.78, 5) is 24.9. The van der Waals surface area contributed by atoms with E-state index in [1.54, 1.807) is 11.8 Å². The van der Waals surface area contributed by atoms with Gasteiger partial charge in [0.1, 0.15) is 0 Å². The molecule has 0 saturated carbocycles. The predicted octanol–water partition coefficient (Wildman–Crippen LogP) is 0.229. The van der Waals surface area contributed by atoms with Gasteiger partial charge in [-0.2, -0.15) is 11.8 Å². The van der Waals surface area contributed by atoms with Gasteiger partial charge in [0.05, 0.1) is 11.6 Å². The van der Waals surface area contributed by atoms with Crippen LogP contribution in [-0.2, 0) is 0 Å². The fourth-order valence-corrected chi connectivity index (χ4v) is 2.89. The summed E-state index contributed by atoms with van der Waals surface area (Å²) in [5.41, 5.74) is -0.832. The molecule has 1 atom stereocenters. The Bertz CT molecular complexity index is 485. The molecule has 0 aliphatic carbocycles. The average Bonchev–Trinajstić information content (AvgIpc) is 2.68. The number of nitrogens with one attached hydrogen (secondary N) is 1. The topological polar surface area (TPSA) is 75.1 Å². The smallest absolute Gasteiger partial charge is 0.331 e. The van der Waals surface area contributed by atoms with Gasteiger partial charge in [0, 0.05) is 5.75 Å². The van der Waals surface area contributed by atoms with E-state index in [9.17, 15) is 14.7 Å². The number of H-pyrrole nitrogens is 1. The van der Waals surface area contributed by atoms with Crippen molar-refractivity contribution in [2.45, 2.75) is 19.4 Å². The van der Waals surface area contributed by atoms with Crippen molar-refractivity contribution < 1.29 is 5.11 Å². The number of aromatic nitrogens is 2. The molecule has 1 aromatic heterocycles. The molecule has 5 nitrogen and oxygen atoms in total. The summed E-state index contributed by atoms with van der Waals surface area (Å²) >= 11 is 1.74. The van der Waals surface area contributed by atoms with Crippen LogP contribution in [0.2, 0.25) is 0 Å². The maximum Gasteiger partial charge on any atom is 0.331 e. The van der Waals surface area contributed by atoms with Crippen LogP contribution in [0.5, 0.6) is 5.88 Å². The lowest BCUT2D eigenvalue weighted by Gasteiger charge is -2.14. The largest absolute Gasteiger partial charge is 0.494 e. The molecule has 1 aliphatic rings. The van der Waals surface area contributed by atoms with Crippen molar-refractivity contribution in [3.63, 3.8) is 0 Å². The van der Waals surface area contributed by atoms with Gasteiger partial charge in [0.2, 0.25) is 5.88 Å². The number of aromatic hydroxyl groups is 1. The van der Waals surface area contributed by atoms with Gasteiger partial charge in [-0.15, -0.1) is 0 Å². The minimum Gasteiger partial charge on any atom is -0.494 e. The van der Waals surface area contributed by atoms with Crippen LogP contribution in [-0.4, -0.2) is 26.2 Å². The Balaban J connectivity index is 2.60. The second-order valence-corrected chi connectivity index (χ2v) is 4.75. The fourth-order valence-electron chi connectivity index (χ4n) is 1.69. The molecule has 6 heteroatoms. The van der Waals surface area contributed by atoms with E-state index in [1.807, 2.05) is 0 Å². The quantitative estimate of drug-likeness (QED) is 0.721. The Hall–Kier alpha value is -1.17. The molecule has 1 unspecified atom stereocenters. The molecule has 15 heavy (non-hydrogen) atoms. The van der Waals surface area contributed by atoms with E-state index in [1.165, 1.54) is 11.5 Å². The van der Waals surface area contributed by atoms with Crippen LogP contribution in [0.1, 0.15) is 18.0 Å². The number of rotatable bonds is 1. The third-order valence-electron chi connectivity index (χ3n) is 2.61. The summed E-state index contributed by atoms with van der Waals surface area (Å²) < 4.78 is 1.29. The lowest BCUT2D eigenvalue weighted by molar-refractivity contribution is 0.370. The monoisotopic (exact) mass is 228 g/mol. The molecule has 2 rings (SSSR count). The van der Waals surface area contributed by atoms with E-state index in [2.05, 4.69) is 4.98 Å². The van der Waals surface area contributed by atoms with Gasteiger partial charge >= 0.3 is 5.69 Å². The Morgan fingerprint density at radius 2 is 2.27 bits per heavy atom. The van der Waals surface area contributed by atoms with E-state index in [0.717, 1.165) is 17.9 Å². The molecular formula is C9H12N2O3S. The van der Waals surface area contributed by atoms with Gasteiger partial charge in [-0.25, -0.2) is 4.79 Å². The number of hydrogen-bond donors (Lipinski definition) is 2. The zero-order chi connectivity index (χ0) is 11.0. The van der Waals surface area contributed by atoms with Crippen LogP contribution in [0.15, 0.2) is 9.59 Å². The van der Waals surface area contributed by atoms with Crippen LogP contribution in [0.4, 0.5) is 0 Å². The molecule has 1 fully saturated rings. The highest BCUT2D eigenvalue weighted by Gasteiger charge is 2.22. The molecule has 82 valence electrons. The van der Waals surface area contributed by atoms with Crippen molar-refractivity contribution in [1.82, 2.24) is 9.55 Å². The minimum absolute atomic E-state index is 0.00181. The maximum atomic E-state index is 11.5. The number of thioether (sulfide) groups is 1. The summed E-state index contributed by atoms with van der Waals surface area (Å²) in [5.74, 6) is 1.59. The molecule has 0 bridgehead atoms. The first-order valence-corrected chi connectivity index (χ1v) is 5.89. The van der Waals surface area contributed by atoms with Gasteiger partial charge < -0.3 is 5.11 Å². The first-order valence-electron chi connectivity index (χ1n) is 4.73. The normalized spacial score (nSPS) is 20.7. The Kier molecular flexibility index (Phi) is 2.60. The third kappa shape index (κ3) is 1.69. The second-order valence-electron chi connectivity index (χ2n) is 3.60. The lowest BCUT2D eigenvalue weighted by Crippen LogP contribution is -2.33. The Morgan fingerprint density at radius 3 is 2.87 bits per heavy atom. The van der Waals surface area contributed by atoms with Crippen molar-refractivity contribution in [3.05, 3.63) is 26.4 Å². The van der Waals surface area contributed by atoms with E-state index in [0.29, 0.717) is 0 Å². The molecule has 1 saturated heterocycles. The van der Waals surface area contributed by atoms with Crippen molar-refractivity contribution >= 4 is 11.8 Å². The van der Waals surface area contributed by atoms with E-state index >= 15 is 0 Å². The zero-order valence-corrected chi connectivity index (χ0v) is 9.13. The molecule has 0 spiro atoms. The molecule has 0 amide bonds. The SMILES string of the molecule is Cc1c(O)n(C2CCSC2)c(=O)[nH]c1=O. The van der Waals surface area contributed by atoms with Crippen molar-refractivity contribution in [1.29, 1.82) is 0 Å². The molecule has 1 aliphatic heterocycles. The highest BCUT2D eigenvalue weighted by molar-refractivity contribution is 7.99. The summed E-state index contributed by atoms with van der Waals surface area (Å²) in [6.07, 6.45) is 0.851. The maximum absolute atomic E-state index is 11.5. The standard InChI is InChI=1S/C9H12N2O3S/c1-5-7(12)10-9(14)11(8(5)13)6-2-3-15-4-6/h6,13H,2-4H2,1H3,(H,10,12,14). The van der Waals surface area contributed by atoms with Crippen molar-refractivity contribution in [2.24, 2.45) is 0 Å². The zero-order valence-electron chi connectivity index (χ0n) is 8.32. The molecule has 0 radical (unpaired) electrons. The van der Waals surface area contributed by atoms with Crippen LogP contribution in [0.25, 0.3) is 0 Å². The fraction of sp³-hybridized carbons (Fsp3) is 0.556. The molecule has 2 heterocycles. The minimum atomic E-state index is -0.518. The summed E-state index contributed by atoms with van der Waals surface area (Å²) in [6.45, 7) is 1.51. The van der Waals surface area contributed by atoms with Crippen molar-refractivity contribution in [2.75, 3.05) is 11.5 Å². The first-order chi connectivity index (χ1) is 7.11. The van der Waals surface area contributed by atoms with Gasteiger partial charge in [-0.1, -0.05) is 0 Å². The summed E-state index contributed by atoms with van der Waals surface area (Å²) in [6, 6.07) is -0.00181. The van der Waals surface area contributed by atoms with Crippen LogP contribution < -0.4 is 11.2 Å². The Labute approximate surface area is 90.1 Å². The molecule has 0 aromatic carbocycles. The number of nitrogens with zero attached hydrogens (tertiary/aromatic N) is 1.